The number of benzene rings is 1. The number of hydrogen-bond donors (Lipinski definition) is 2. The van der Waals surface area contributed by atoms with E-state index in [-0.39, 0.29) is 0 Å². The van der Waals surface area contributed by atoms with Crippen molar-refractivity contribution >= 4 is 17.3 Å². The van der Waals surface area contributed by atoms with E-state index in [1.165, 1.54) is 0 Å². The first-order chi connectivity index (χ1) is 8.70. The number of nitrogens with two attached hydrogens (primary N) is 1. The summed E-state index contributed by atoms with van der Waals surface area (Å²) in [5, 5.41) is 3.90. The molecule has 3 N–H and O–H groups in total. The van der Waals surface area contributed by atoms with Crippen molar-refractivity contribution in [2.45, 2.75) is 6.92 Å². The second-order valence-electron chi connectivity index (χ2n) is 3.91. The Bertz CT molecular complexity index is 542. The molecule has 4 nitrogen and oxygen atoms in total. The van der Waals surface area contributed by atoms with Crippen LogP contribution in [-0.2, 0) is 0 Å². The summed E-state index contributed by atoms with van der Waals surface area (Å²) >= 11 is 6.01. The summed E-state index contributed by atoms with van der Waals surface area (Å²) in [5.41, 5.74) is 8.17. The van der Waals surface area contributed by atoms with Crippen molar-refractivity contribution in [3.05, 3.63) is 41.3 Å². The van der Waals surface area contributed by atoms with Crippen LogP contribution in [0.1, 0.15) is 5.82 Å². The SMILES string of the molecule is Cc1ncc(NCCN)c(-c2cccc(Cl)c2)n1. The van der Waals surface area contributed by atoms with Gasteiger partial charge in [-0.15, -0.1) is 0 Å². The maximum Gasteiger partial charge on any atom is 0.126 e. The smallest absolute Gasteiger partial charge is 0.126 e. The third-order valence-electron chi connectivity index (χ3n) is 2.47. The van der Waals surface area contributed by atoms with Gasteiger partial charge in [0.15, 0.2) is 0 Å². The Morgan fingerprint density at radius 3 is 2.94 bits per heavy atom. The van der Waals surface area contributed by atoms with Crippen LogP contribution in [0, 0.1) is 6.92 Å². The standard InChI is InChI=1S/C13H15ClN4/c1-9-17-8-12(16-6-5-15)13(18-9)10-3-2-4-11(14)7-10/h2-4,7-8,16H,5-6,15H2,1H3. The van der Waals surface area contributed by atoms with E-state index >= 15 is 0 Å². The molecular weight excluding hydrogens is 248 g/mol. The van der Waals surface area contributed by atoms with Crippen molar-refractivity contribution in [2.24, 2.45) is 5.73 Å². The van der Waals surface area contributed by atoms with Gasteiger partial charge in [-0.3, -0.25) is 0 Å². The summed E-state index contributed by atoms with van der Waals surface area (Å²) in [6.07, 6.45) is 1.77. The van der Waals surface area contributed by atoms with E-state index in [4.69, 9.17) is 17.3 Å². The van der Waals surface area contributed by atoms with Gasteiger partial charge in [0.05, 0.1) is 17.6 Å². The van der Waals surface area contributed by atoms with Crippen LogP contribution in [0.5, 0.6) is 0 Å². The molecule has 2 rings (SSSR count). The number of rotatable bonds is 4. The minimum Gasteiger partial charge on any atom is -0.381 e. The molecule has 0 radical (unpaired) electrons. The molecule has 0 bridgehead atoms. The first-order valence-electron chi connectivity index (χ1n) is 5.74. The van der Waals surface area contributed by atoms with Crippen LogP contribution in [0.4, 0.5) is 5.69 Å². The van der Waals surface area contributed by atoms with E-state index in [0.29, 0.717) is 18.1 Å². The fourth-order valence-corrected chi connectivity index (χ4v) is 1.85. The Balaban J connectivity index is 2.44. The van der Waals surface area contributed by atoms with Gasteiger partial charge in [0, 0.05) is 23.7 Å². The van der Waals surface area contributed by atoms with E-state index in [0.717, 1.165) is 22.8 Å². The fourth-order valence-electron chi connectivity index (χ4n) is 1.66. The second kappa shape index (κ2) is 5.80. The molecule has 0 saturated heterocycles. The van der Waals surface area contributed by atoms with Crippen molar-refractivity contribution in [3.8, 4) is 11.3 Å². The van der Waals surface area contributed by atoms with Crippen molar-refractivity contribution in [1.29, 1.82) is 0 Å². The van der Waals surface area contributed by atoms with Crippen LogP contribution in [0.2, 0.25) is 5.02 Å². The first-order valence-corrected chi connectivity index (χ1v) is 6.12. The molecule has 0 atom stereocenters. The van der Waals surface area contributed by atoms with Gasteiger partial charge in [-0.1, -0.05) is 23.7 Å². The van der Waals surface area contributed by atoms with Crippen LogP contribution < -0.4 is 11.1 Å². The summed E-state index contributed by atoms with van der Waals surface area (Å²) in [6, 6.07) is 7.60. The lowest BCUT2D eigenvalue weighted by Crippen LogP contribution is -2.14. The van der Waals surface area contributed by atoms with Crippen LogP contribution in [0.3, 0.4) is 0 Å². The average molecular weight is 263 g/mol. The van der Waals surface area contributed by atoms with Crippen molar-refractivity contribution in [3.63, 3.8) is 0 Å². The van der Waals surface area contributed by atoms with Crippen molar-refractivity contribution in [1.82, 2.24) is 9.97 Å². The molecule has 0 amide bonds. The van der Waals surface area contributed by atoms with Gasteiger partial charge in [0.1, 0.15) is 5.82 Å². The number of aryl methyl sites for hydroxylation is 1. The Hall–Kier alpha value is -1.65. The molecule has 0 saturated carbocycles. The molecule has 94 valence electrons. The lowest BCUT2D eigenvalue weighted by molar-refractivity contribution is 1.00. The molecule has 0 fully saturated rings. The predicted molar refractivity (Wildman–Crippen MR) is 74.8 cm³/mol. The summed E-state index contributed by atoms with van der Waals surface area (Å²) in [4.78, 5) is 8.66. The van der Waals surface area contributed by atoms with Gasteiger partial charge in [-0.05, 0) is 19.1 Å². The molecule has 0 aliphatic heterocycles. The van der Waals surface area contributed by atoms with Gasteiger partial charge >= 0.3 is 0 Å². The summed E-state index contributed by atoms with van der Waals surface area (Å²) in [5.74, 6) is 0.725. The predicted octanol–water partition coefficient (Wildman–Crippen LogP) is 2.48. The summed E-state index contributed by atoms with van der Waals surface area (Å²) in [6.45, 7) is 3.10. The summed E-state index contributed by atoms with van der Waals surface area (Å²) in [7, 11) is 0. The van der Waals surface area contributed by atoms with Gasteiger partial charge in [-0.2, -0.15) is 0 Å². The second-order valence-corrected chi connectivity index (χ2v) is 4.34. The maximum absolute atomic E-state index is 6.01. The Kier molecular flexibility index (Phi) is 4.12. The van der Waals surface area contributed by atoms with Gasteiger partial charge < -0.3 is 11.1 Å². The highest BCUT2D eigenvalue weighted by Crippen LogP contribution is 2.27. The monoisotopic (exact) mass is 262 g/mol. The summed E-state index contributed by atoms with van der Waals surface area (Å²) < 4.78 is 0. The molecule has 1 aromatic heterocycles. The van der Waals surface area contributed by atoms with E-state index in [9.17, 15) is 0 Å². The lowest BCUT2D eigenvalue weighted by atomic mass is 10.1. The molecule has 18 heavy (non-hydrogen) atoms. The molecule has 1 aromatic carbocycles. The Morgan fingerprint density at radius 1 is 1.39 bits per heavy atom. The number of nitrogens with zero attached hydrogens (tertiary/aromatic N) is 2. The Labute approximate surface area is 111 Å². The minimum absolute atomic E-state index is 0.558. The van der Waals surface area contributed by atoms with E-state index in [1.807, 2.05) is 31.2 Å². The van der Waals surface area contributed by atoms with Crippen molar-refractivity contribution < 1.29 is 0 Å². The molecule has 0 aliphatic rings. The molecule has 1 heterocycles. The number of aromatic nitrogens is 2. The third kappa shape index (κ3) is 2.97. The first kappa shape index (κ1) is 12.8. The fraction of sp³-hybridized carbons (Fsp3) is 0.231. The molecule has 0 aliphatic carbocycles. The quantitative estimate of drug-likeness (QED) is 0.889. The zero-order valence-corrected chi connectivity index (χ0v) is 10.9. The van der Waals surface area contributed by atoms with Crippen LogP contribution >= 0.6 is 11.6 Å². The van der Waals surface area contributed by atoms with E-state index < -0.39 is 0 Å². The van der Waals surface area contributed by atoms with E-state index in [2.05, 4.69) is 15.3 Å². The van der Waals surface area contributed by atoms with Gasteiger partial charge in [0.25, 0.3) is 0 Å². The lowest BCUT2D eigenvalue weighted by Gasteiger charge is -2.11. The van der Waals surface area contributed by atoms with Crippen LogP contribution in [-0.4, -0.2) is 23.1 Å². The zero-order valence-electron chi connectivity index (χ0n) is 10.2. The highest BCUT2D eigenvalue weighted by molar-refractivity contribution is 6.30. The normalized spacial score (nSPS) is 10.4. The van der Waals surface area contributed by atoms with Crippen LogP contribution in [0.15, 0.2) is 30.5 Å². The Morgan fingerprint density at radius 2 is 2.22 bits per heavy atom. The molecule has 0 unspecified atom stereocenters. The number of halogens is 1. The zero-order chi connectivity index (χ0) is 13.0. The largest absolute Gasteiger partial charge is 0.381 e. The maximum atomic E-state index is 6.01. The number of hydrogen-bond acceptors (Lipinski definition) is 4. The average Bonchev–Trinajstić information content (AvgIpc) is 2.37. The highest BCUT2D eigenvalue weighted by atomic mass is 35.5. The van der Waals surface area contributed by atoms with Gasteiger partial charge in [-0.25, -0.2) is 9.97 Å². The van der Waals surface area contributed by atoms with E-state index in [1.54, 1.807) is 6.20 Å². The topological polar surface area (TPSA) is 63.8 Å². The van der Waals surface area contributed by atoms with Crippen molar-refractivity contribution in [2.75, 3.05) is 18.4 Å². The van der Waals surface area contributed by atoms with Gasteiger partial charge in [0.2, 0.25) is 0 Å². The number of anilines is 1. The third-order valence-corrected chi connectivity index (χ3v) is 2.70. The molecule has 5 heteroatoms. The van der Waals surface area contributed by atoms with Crippen LogP contribution in [0.25, 0.3) is 11.3 Å². The molecular formula is C13H15ClN4. The highest BCUT2D eigenvalue weighted by Gasteiger charge is 2.08. The minimum atomic E-state index is 0.558. The molecule has 2 aromatic rings. The molecule has 0 spiro atoms. The number of nitrogens with one attached hydrogen (secondary N) is 1.